The van der Waals surface area contributed by atoms with Crippen LogP contribution in [0.1, 0.15) is 24.0 Å². The molecule has 0 radical (unpaired) electrons. The summed E-state index contributed by atoms with van der Waals surface area (Å²) in [6.45, 7) is 2.96. The molecule has 0 amide bonds. The van der Waals surface area contributed by atoms with E-state index in [4.69, 9.17) is 5.11 Å². The van der Waals surface area contributed by atoms with Gasteiger partial charge in [-0.1, -0.05) is 12.1 Å². The van der Waals surface area contributed by atoms with Gasteiger partial charge in [0.25, 0.3) is 15.7 Å². The van der Waals surface area contributed by atoms with Crippen LogP contribution < -0.4 is 0 Å². The Balaban J connectivity index is 2.67. The summed E-state index contributed by atoms with van der Waals surface area (Å²) in [6, 6.07) is 1.79. The Bertz CT molecular complexity index is 743. The third kappa shape index (κ3) is 2.57. The van der Waals surface area contributed by atoms with Gasteiger partial charge < -0.3 is 5.11 Å². The molecule has 0 aromatic heterocycles. The van der Waals surface area contributed by atoms with Gasteiger partial charge in [0.2, 0.25) is 0 Å². The lowest BCUT2D eigenvalue weighted by Gasteiger charge is -2.22. The highest BCUT2D eigenvalue weighted by atomic mass is 32.2. The van der Waals surface area contributed by atoms with Crippen molar-refractivity contribution in [2.24, 2.45) is 0 Å². The first kappa shape index (κ1) is 16.4. The second kappa shape index (κ2) is 5.65. The van der Waals surface area contributed by atoms with Crippen LogP contribution in [-0.4, -0.2) is 41.3 Å². The van der Waals surface area contributed by atoms with Gasteiger partial charge in [0, 0.05) is 12.1 Å². The predicted molar refractivity (Wildman–Crippen MR) is 77.1 cm³/mol. The average molecular weight is 328 g/mol. The van der Waals surface area contributed by atoms with Crippen molar-refractivity contribution in [1.29, 1.82) is 0 Å². The molecule has 0 saturated carbocycles. The minimum atomic E-state index is -4.25. The highest BCUT2D eigenvalue weighted by molar-refractivity contribution is 7.89. The normalized spacial score (nSPS) is 19.3. The number of carbonyl (C=O) groups is 1. The highest BCUT2D eigenvalue weighted by Crippen LogP contribution is 2.35. The van der Waals surface area contributed by atoms with Gasteiger partial charge in [-0.25, -0.2) is 8.42 Å². The molecule has 1 aromatic carbocycles. The van der Waals surface area contributed by atoms with Crippen LogP contribution in [0.2, 0.25) is 0 Å². The first-order valence-corrected chi connectivity index (χ1v) is 8.11. The van der Waals surface area contributed by atoms with Gasteiger partial charge in [-0.05, 0) is 32.3 Å². The molecule has 22 heavy (non-hydrogen) atoms. The van der Waals surface area contributed by atoms with Crippen LogP contribution in [0.4, 0.5) is 5.69 Å². The number of benzene rings is 1. The van der Waals surface area contributed by atoms with Gasteiger partial charge in [0.05, 0.1) is 4.92 Å². The molecule has 0 bridgehead atoms. The van der Waals surface area contributed by atoms with Crippen molar-refractivity contribution in [1.82, 2.24) is 4.31 Å². The van der Waals surface area contributed by atoms with Gasteiger partial charge in [-0.3, -0.25) is 14.9 Å². The Morgan fingerprint density at radius 1 is 1.36 bits per heavy atom. The Morgan fingerprint density at radius 3 is 2.50 bits per heavy atom. The average Bonchev–Trinajstić information content (AvgIpc) is 2.90. The van der Waals surface area contributed by atoms with Crippen molar-refractivity contribution < 1.29 is 23.2 Å². The maximum Gasteiger partial charge on any atom is 0.322 e. The van der Waals surface area contributed by atoms with E-state index in [9.17, 15) is 23.3 Å². The zero-order chi connectivity index (χ0) is 16.7. The van der Waals surface area contributed by atoms with E-state index in [-0.39, 0.29) is 24.1 Å². The number of nitro groups is 1. The Kier molecular flexibility index (Phi) is 4.21. The molecule has 1 unspecified atom stereocenters. The summed E-state index contributed by atoms with van der Waals surface area (Å²) >= 11 is 0. The minimum Gasteiger partial charge on any atom is -0.480 e. The van der Waals surface area contributed by atoms with Crippen LogP contribution in [0.3, 0.4) is 0 Å². The molecule has 2 rings (SSSR count). The SMILES string of the molecule is Cc1ccc(C)c(S(=O)(=O)N2CCCC2C(=O)O)c1[N+](=O)[O-]. The van der Waals surface area contributed by atoms with E-state index in [1.807, 2.05) is 0 Å². The summed E-state index contributed by atoms with van der Waals surface area (Å²) in [5, 5.41) is 20.4. The van der Waals surface area contributed by atoms with Crippen LogP contribution in [0.25, 0.3) is 0 Å². The number of rotatable bonds is 4. The fraction of sp³-hybridized carbons (Fsp3) is 0.462. The summed E-state index contributed by atoms with van der Waals surface area (Å²) in [6.07, 6.45) is 0.613. The van der Waals surface area contributed by atoms with E-state index in [0.717, 1.165) is 4.31 Å². The molecule has 1 fully saturated rings. The molecule has 0 aliphatic carbocycles. The lowest BCUT2D eigenvalue weighted by molar-refractivity contribution is -0.388. The Labute approximate surface area is 127 Å². The molecule has 1 aromatic rings. The topological polar surface area (TPSA) is 118 Å². The third-order valence-corrected chi connectivity index (χ3v) is 5.85. The fourth-order valence-electron chi connectivity index (χ4n) is 2.71. The fourth-order valence-corrected chi connectivity index (χ4v) is 4.80. The zero-order valence-electron chi connectivity index (χ0n) is 12.1. The molecular weight excluding hydrogens is 312 g/mol. The molecule has 1 heterocycles. The van der Waals surface area contributed by atoms with Crippen molar-refractivity contribution in [2.75, 3.05) is 6.54 Å². The van der Waals surface area contributed by atoms with Gasteiger partial charge in [0.1, 0.15) is 6.04 Å². The molecule has 1 saturated heterocycles. The number of carboxylic acid groups (broad SMARTS) is 1. The van der Waals surface area contributed by atoms with E-state index in [2.05, 4.69) is 0 Å². The van der Waals surface area contributed by atoms with Crippen molar-refractivity contribution in [2.45, 2.75) is 37.6 Å². The number of sulfonamides is 1. The van der Waals surface area contributed by atoms with Crippen LogP contribution in [-0.2, 0) is 14.8 Å². The van der Waals surface area contributed by atoms with E-state index in [0.29, 0.717) is 6.42 Å². The molecular formula is C13H16N2O6S. The Morgan fingerprint density at radius 2 is 1.95 bits per heavy atom. The van der Waals surface area contributed by atoms with Gasteiger partial charge >= 0.3 is 5.97 Å². The summed E-state index contributed by atoms with van der Waals surface area (Å²) in [7, 11) is -4.25. The van der Waals surface area contributed by atoms with Gasteiger partial charge in [0.15, 0.2) is 4.90 Å². The summed E-state index contributed by atoms with van der Waals surface area (Å²) in [5.74, 6) is -1.24. The zero-order valence-corrected chi connectivity index (χ0v) is 13.0. The van der Waals surface area contributed by atoms with Gasteiger partial charge in [-0.2, -0.15) is 4.31 Å². The van der Waals surface area contributed by atoms with E-state index in [1.54, 1.807) is 0 Å². The molecule has 1 atom stereocenters. The van der Waals surface area contributed by atoms with Crippen molar-refractivity contribution in [3.05, 3.63) is 33.4 Å². The number of nitro benzene ring substituents is 1. The third-order valence-electron chi connectivity index (χ3n) is 3.77. The number of hydrogen-bond acceptors (Lipinski definition) is 5. The highest BCUT2D eigenvalue weighted by Gasteiger charge is 2.43. The quantitative estimate of drug-likeness (QED) is 0.660. The number of nitrogens with zero attached hydrogens (tertiary/aromatic N) is 2. The van der Waals surface area contributed by atoms with Crippen LogP contribution >= 0.6 is 0 Å². The second-order valence-electron chi connectivity index (χ2n) is 5.25. The number of aryl methyl sites for hydroxylation is 2. The molecule has 1 aliphatic rings. The summed E-state index contributed by atoms with van der Waals surface area (Å²) in [5.41, 5.74) is -0.0374. The van der Waals surface area contributed by atoms with Crippen LogP contribution in [0, 0.1) is 24.0 Å². The Hall–Kier alpha value is -2.00. The smallest absolute Gasteiger partial charge is 0.322 e. The molecule has 9 heteroatoms. The van der Waals surface area contributed by atoms with E-state index < -0.39 is 37.5 Å². The van der Waals surface area contributed by atoms with E-state index >= 15 is 0 Å². The van der Waals surface area contributed by atoms with Crippen LogP contribution in [0.15, 0.2) is 17.0 Å². The standard InChI is InChI=1S/C13H16N2O6S/c1-8-5-6-9(2)12(11(8)15(18)19)22(20,21)14-7-3-4-10(14)13(16)17/h5-6,10H,3-4,7H2,1-2H3,(H,16,17). The predicted octanol–water partition coefficient (Wildman–Crippen LogP) is 1.45. The van der Waals surface area contributed by atoms with Crippen molar-refractivity contribution >= 4 is 21.7 Å². The lowest BCUT2D eigenvalue weighted by Crippen LogP contribution is -2.40. The van der Waals surface area contributed by atoms with Crippen molar-refractivity contribution in [3.8, 4) is 0 Å². The number of carboxylic acids is 1. The summed E-state index contributed by atoms with van der Waals surface area (Å²) < 4.78 is 26.5. The van der Waals surface area contributed by atoms with Gasteiger partial charge in [-0.15, -0.1) is 0 Å². The number of aliphatic carboxylic acids is 1. The monoisotopic (exact) mass is 328 g/mol. The number of hydrogen-bond donors (Lipinski definition) is 1. The molecule has 1 aliphatic heterocycles. The van der Waals surface area contributed by atoms with E-state index in [1.165, 1.54) is 26.0 Å². The first-order valence-electron chi connectivity index (χ1n) is 6.67. The maximum absolute atomic E-state index is 12.8. The minimum absolute atomic E-state index is 0.0455. The molecule has 0 spiro atoms. The molecule has 8 nitrogen and oxygen atoms in total. The lowest BCUT2D eigenvalue weighted by atomic mass is 10.1. The second-order valence-corrected chi connectivity index (χ2v) is 7.07. The van der Waals surface area contributed by atoms with Crippen LogP contribution in [0.5, 0.6) is 0 Å². The maximum atomic E-state index is 12.8. The summed E-state index contributed by atoms with van der Waals surface area (Å²) in [4.78, 5) is 21.4. The van der Waals surface area contributed by atoms with Crippen molar-refractivity contribution in [3.63, 3.8) is 0 Å². The molecule has 120 valence electrons. The molecule has 1 N–H and O–H groups in total. The largest absolute Gasteiger partial charge is 0.480 e. The first-order chi connectivity index (χ1) is 10.2.